The zero-order valence-corrected chi connectivity index (χ0v) is 11.4. The molecule has 0 saturated carbocycles. The second kappa shape index (κ2) is 5.67. The Bertz CT molecular complexity index is 467. The molecule has 2 rings (SSSR count). The molecule has 1 saturated heterocycles. The van der Waals surface area contributed by atoms with Gasteiger partial charge in [-0.1, -0.05) is 0 Å². The Morgan fingerprint density at radius 3 is 2.56 bits per heavy atom. The first kappa shape index (κ1) is 13.3. The van der Waals surface area contributed by atoms with Crippen molar-refractivity contribution in [2.45, 2.75) is 0 Å². The molecule has 0 spiro atoms. The fourth-order valence-corrected chi connectivity index (χ4v) is 2.66. The van der Waals surface area contributed by atoms with Gasteiger partial charge in [0.05, 0.1) is 17.6 Å². The van der Waals surface area contributed by atoms with Crippen molar-refractivity contribution in [2.75, 3.05) is 49.6 Å². The lowest BCUT2D eigenvalue weighted by atomic mass is 10.3. The van der Waals surface area contributed by atoms with E-state index in [-0.39, 0.29) is 5.75 Å². The van der Waals surface area contributed by atoms with Gasteiger partial charge in [-0.05, 0) is 12.1 Å². The topological polar surface area (TPSA) is 53.5 Å². The average molecular weight is 269 g/mol. The Labute approximate surface area is 108 Å². The van der Waals surface area contributed by atoms with Crippen LogP contribution >= 0.6 is 0 Å². The van der Waals surface area contributed by atoms with Crippen molar-refractivity contribution < 1.29 is 8.42 Å². The molecule has 18 heavy (non-hydrogen) atoms. The summed E-state index contributed by atoms with van der Waals surface area (Å²) in [5.74, 6) is 0.250. The van der Waals surface area contributed by atoms with Gasteiger partial charge < -0.3 is 4.90 Å². The first-order valence-corrected chi connectivity index (χ1v) is 8.16. The third-order valence-corrected chi connectivity index (χ3v) is 4.09. The molecule has 1 aromatic heterocycles. The molecular weight excluding hydrogens is 250 g/mol. The van der Waals surface area contributed by atoms with Gasteiger partial charge in [0, 0.05) is 45.2 Å². The van der Waals surface area contributed by atoms with Crippen LogP contribution in [0.2, 0.25) is 0 Å². The van der Waals surface area contributed by atoms with Crippen LogP contribution in [0.1, 0.15) is 0 Å². The first-order valence-electron chi connectivity index (χ1n) is 6.10. The van der Waals surface area contributed by atoms with Crippen LogP contribution in [0.3, 0.4) is 0 Å². The fourth-order valence-electron chi connectivity index (χ4n) is 2.07. The summed E-state index contributed by atoms with van der Waals surface area (Å²) in [6, 6.07) is 3.99. The Morgan fingerprint density at radius 1 is 1.28 bits per heavy atom. The lowest BCUT2D eigenvalue weighted by Crippen LogP contribution is -2.47. The van der Waals surface area contributed by atoms with Crippen LogP contribution in [0, 0.1) is 0 Å². The fraction of sp³-hybridized carbons (Fsp3) is 0.583. The highest BCUT2D eigenvalue weighted by molar-refractivity contribution is 7.90. The van der Waals surface area contributed by atoms with Gasteiger partial charge in [0.1, 0.15) is 9.84 Å². The van der Waals surface area contributed by atoms with Gasteiger partial charge in [-0.15, -0.1) is 0 Å². The molecule has 0 aliphatic carbocycles. The molecule has 5 nitrogen and oxygen atoms in total. The van der Waals surface area contributed by atoms with Crippen LogP contribution in [-0.4, -0.2) is 63.0 Å². The monoisotopic (exact) mass is 269 g/mol. The maximum atomic E-state index is 11.1. The van der Waals surface area contributed by atoms with Crippen molar-refractivity contribution in [3.63, 3.8) is 0 Å². The molecule has 0 aromatic carbocycles. The molecule has 1 aliphatic heterocycles. The lowest BCUT2D eigenvalue weighted by molar-refractivity contribution is 0.272. The molecule has 1 aliphatic rings. The molecule has 0 bridgehead atoms. The van der Waals surface area contributed by atoms with E-state index in [9.17, 15) is 8.42 Å². The van der Waals surface area contributed by atoms with Crippen molar-refractivity contribution in [3.05, 3.63) is 24.5 Å². The number of anilines is 1. The third kappa shape index (κ3) is 3.96. The van der Waals surface area contributed by atoms with E-state index in [4.69, 9.17) is 0 Å². The van der Waals surface area contributed by atoms with E-state index >= 15 is 0 Å². The molecule has 0 unspecified atom stereocenters. The normalized spacial score (nSPS) is 17.9. The van der Waals surface area contributed by atoms with E-state index in [0.29, 0.717) is 6.54 Å². The van der Waals surface area contributed by atoms with Crippen molar-refractivity contribution >= 4 is 15.5 Å². The largest absolute Gasteiger partial charge is 0.368 e. The van der Waals surface area contributed by atoms with Crippen molar-refractivity contribution in [2.24, 2.45) is 0 Å². The van der Waals surface area contributed by atoms with Crippen LogP contribution in [0.25, 0.3) is 0 Å². The molecule has 6 heteroatoms. The summed E-state index contributed by atoms with van der Waals surface area (Å²) in [5.41, 5.74) is 1.14. The SMILES string of the molecule is CS(=O)(=O)CCN1CCN(c2cccnc2)CC1. The van der Waals surface area contributed by atoms with E-state index in [2.05, 4.69) is 20.9 Å². The zero-order valence-electron chi connectivity index (χ0n) is 10.6. The Balaban J connectivity index is 1.82. The summed E-state index contributed by atoms with van der Waals surface area (Å²) in [4.78, 5) is 8.60. The highest BCUT2D eigenvalue weighted by atomic mass is 32.2. The van der Waals surface area contributed by atoms with Crippen LogP contribution in [0.15, 0.2) is 24.5 Å². The summed E-state index contributed by atoms with van der Waals surface area (Å²) < 4.78 is 22.2. The zero-order chi connectivity index (χ0) is 13.0. The van der Waals surface area contributed by atoms with E-state index in [0.717, 1.165) is 31.9 Å². The number of hydrogen-bond acceptors (Lipinski definition) is 5. The summed E-state index contributed by atoms with van der Waals surface area (Å²) in [6.07, 6.45) is 4.93. The minimum absolute atomic E-state index is 0.250. The quantitative estimate of drug-likeness (QED) is 0.784. The number of hydrogen-bond donors (Lipinski definition) is 0. The molecule has 100 valence electrons. The Morgan fingerprint density at radius 2 is 2.00 bits per heavy atom. The maximum Gasteiger partial charge on any atom is 0.148 e. The molecule has 1 aromatic rings. The molecule has 2 heterocycles. The lowest BCUT2D eigenvalue weighted by Gasteiger charge is -2.35. The van der Waals surface area contributed by atoms with Gasteiger partial charge in [0.25, 0.3) is 0 Å². The highest BCUT2D eigenvalue weighted by Crippen LogP contribution is 2.14. The van der Waals surface area contributed by atoms with Crippen LogP contribution in [0.5, 0.6) is 0 Å². The number of aromatic nitrogens is 1. The van der Waals surface area contributed by atoms with Crippen LogP contribution in [-0.2, 0) is 9.84 Å². The van der Waals surface area contributed by atoms with Gasteiger partial charge in [0.2, 0.25) is 0 Å². The second-order valence-corrected chi connectivity index (χ2v) is 6.93. The minimum atomic E-state index is -2.85. The second-order valence-electron chi connectivity index (χ2n) is 4.67. The van der Waals surface area contributed by atoms with Gasteiger partial charge in [-0.25, -0.2) is 8.42 Å². The third-order valence-electron chi connectivity index (χ3n) is 3.16. The standard InChI is InChI=1S/C12H19N3O2S/c1-18(16,17)10-9-14-5-7-15(8-6-14)12-3-2-4-13-11-12/h2-4,11H,5-10H2,1H3. The van der Waals surface area contributed by atoms with Gasteiger partial charge in [0.15, 0.2) is 0 Å². The van der Waals surface area contributed by atoms with Crippen LogP contribution < -0.4 is 4.90 Å². The number of nitrogens with zero attached hydrogens (tertiary/aromatic N) is 3. The van der Waals surface area contributed by atoms with Gasteiger partial charge in [-0.2, -0.15) is 0 Å². The molecule has 0 atom stereocenters. The van der Waals surface area contributed by atoms with Gasteiger partial charge in [-0.3, -0.25) is 9.88 Å². The summed E-state index contributed by atoms with van der Waals surface area (Å²) in [7, 11) is -2.85. The molecule has 0 amide bonds. The van der Waals surface area contributed by atoms with E-state index < -0.39 is 9.84 Å². The number of rotatable bonds is 4. The molecule has 1 fully saturated rings. The molecular formula is C12H19N3O2S. The summed E-state index contributed by atoms with van der Waals surface area (Å²) in [5, 5.41) is 0. The van der Waals surface area contributed by atoms with Crippen molar-refractivity contribution in [1.82, 2.24) is 9.88 Å². The predicted octanol–water partition coefficient (Wildman–Crippen LogP) is 0.248. The van der Waals surface area contributed by atoms with Crippen molar-refractivity contribution in [1.29, 1.82) is 0 Å². The smallest absolute Gasteiger partial charge is 0.148 e. The van der Waals surface area contributed by atoms with E-state index in [1.165, 1.54) is 6.26 Å². The van der Waals surface area contributed by atoms with E-state index in [1.54, 1.807) is 6.20 Å². The predicted molar refractivity (Wildman–Crippen MR) is 72.6 cm³/mol. The highest BCUT2D eigenvalue weighted by Gasteiger charge is 2.18. The maximum absolute atomic E-state index is 11.1. The summed E-state index contributed by atoms with van der Waals surface area (Å²) in [6.45, 7) is 4.31. The minimum Gasteiger partial charge on any atom is -0.368 e. The number of pyridine rings is 1. The Kier molecular flexibility index (Phi) is 4.19. The van der Waals surface area contributed by atoms with Gasteiger partial charge >= 0.3 is 0 Å². The first-order chi connectivity index (χ1) is 8.54. The molecule has 0 radical (unpaired) electrons. The number of piperazine rings is 1. The summed E-state index contributed by atoms with van der Waals surface area (Å²) >= 11 is 0. The van der Waals surface area contributed by atoms with E-state index in [1.807, 2.05) is 12.3 Å². The number of sulfone groups is 1. The Hall–Kier alpha value is -1.14. The average Bonchev–Trinajstić information content (AvgIpc) is 2.37. The molecule has 0 N–H and O–H groups in total. The van der Waals surface area contributed by atoms with Crippen molar-refractivity contribution in [3.8, 4) is 0 Å². The van der Waals surface area contributed by atoms with Crippen LogP contribution in [0.4, 0.5) is 5.69 Å².